The Morgan fingerprint density at radius 2 is 2.04 bits per heavy atom. The number of nitrogens with one attached hydrogen (secondary N) is 1. The lowest BCUT2D eigenvalue weighted by Crippen LogP contribution is -2.24. The number of aryl methyl sites for hydroxylation is 1. The second kappa shape index (κ2) is 6.35. The Morgan fingerprint density at radius 1 is 1.22 bits per heavy atom. The summed E-state index contributed by atoms with van der Waals surface area (Å²) in [7, 11) is 0. The maximum atomic E-state index is 11.8. The molecule has 1 N–H and O–H groups in total. The molecular weight excluding hydrogens is 298 g/mol. The highest BCUT2D eigenvalue weighted by molar-refractivity contribution is 5.91. The van der Waals surface area contributed by atoms with E-state index in [1.807, 2.05) is 18.3 Å². The van der Waals surface area contributed by atoms with Gasteiger partial charge in [0, 0.05) is 24.8 Å². The van der Waals surface area contributed by atoms with E-state index in [4.69, 9.17) is 4.42 Å². The predicted octanol–water partition coefficient (Wildman–Crippen LogP) is 2.96. The van der Waals surface area contributed by atoms with E-state index in [2.05, 4.69) is 28.1 Å². The van der Waals surface area contributed by atoms with E-state index >= 15 is 0 Å². The Kier molecular flexibility index (Phi) is 4.09. The topological polar surface area (TPSA) is 90.3 Å². The Morgan fingerprint density at radius 3 is 2.83 bits per heavy atom. The number of fused-ring (bicyclic) bond motifs is 1. The van der Waals surface area contributed by atoms with Gasteiger partial charge in [-0.2, -0.15) is 0 Å². The Hall–Kier alpha value is -3.09. The van der Waals surface area contributed by atoms with Crippen LogP contribution in [0.3, 0.4) is 0 Å². The molecule has 3 rings (SSSR count). The summed E-state index contributed by atoms with van der Waals surface area (Å²) in [6, 6.07) is 12.6. The zero-order chi connectivity index (χ0) is 16.2. The van der Waals surface area contributed by atoms with Crippen molar-refractivity contribution in [1.29, 1.82) is 0 Å². The molecule has 0 atom stereocenters. The lowest BCUT2D eigenvalue weighted by Gasteiger charge is -2.06. The highest BCUT2D eigenvalue weighted by Crippen LogP contribution is 2.16. The van der Waals surface area contributed by atoms with Crippen LogP contribution in [0.15, 0.2) is 53.1 Å². The molecule has 7 heteroatoms. The number of carbonyl (C=O) groups is 1. The fraction of sp³-hybridized carbons (Fsp3) is 0.188. The molecule has 0 spiro atoms. The number of nitro groups is 1. The summed E-state index contributed by atoms with van der Waals surface area (Å²) < 4.78 is 6.98. The largest absolute Gasteiger partial charge is 0.433 e. The van der Waals surface area contributed by atoms with Crippen LogP contribution in [-0.4, -0.2) is 21.9 Å². The van der Waals surface area contributed by atoms with Gasteiger partial charge in [0.05, 0.1) is 6.07 Å². The summed E-state index contributed by atoms with van der Waals surface area (Å²) in [5, 5.41) is 14.4. The molecule has 0 fully saturated rings. The summed E-state index contributed by atoms with van der Waals surface area (Å²) in [4.78, 5) is 21.7. The molecule has 0 radical (unpaired) electrons. The van der Waals surface area contributed by atoms with Crippen LogP contribution in [0.2, 0.25) is 0 Å². The molecule has 0 saturated carbocycles. The first-order valence-corrected chi connectivity index (χ1v) is 7.21. The molecular formula is C16H15N3O4. The fourth-order valence-electron chi connectivity index (χ4n) is 2.42. The van der Waals surface area contributed by atoms with Crippen molar-refractivity contribution in [2.75, 3.05) is 6.54 Å². The van der Waals surface area contributed by atoms with E-state index in [0.717, 1.165) is 18.5 Å². The zero-order valence-electron chi connectivity index (χ0n) is 12.3. The van der Waals surface area contributed by atoms with Crippen LogP contribution in [0.1, 0.15) is 17.0 Å². The van der Waals surface area contributed by atoms with E-state index in [1.165, 1.54) is 17.5 Å². The van der Waals surface area contributed by atoms with Gasteiger partial charge in [-0.15, -0.1) is 0 Å². The first kappa shape index (κ1) is 14.8. The van der Waals surface area contributed by atoms with Gasteiger partial charge in [-0.25, -0.2) is 0 Å². The minimum atomic E-state index is -0.673. The Labute approximate surface area is 131 Å². The van der Waals surface area contributed by atoms with Crippen molar-refractivity contribution in [3.63, 3.8) is 0 Å². The molecule has 23 heavy (non-hydrogen) atoms. The number of para-hydroxylation sites is 1. The molecule has 1 amide bonds. The molecule has 2 aromatic heterocycles. The quantitative estimate of drug-likeness (QED) is 0.430. The smallest absolute Gasteiger partial charge is 0.395 e. The van der Waals surface area contributed by atoms with Crippen molar-refractivity contribution in [3.05, 3.63) is 64.5 Å². The maximum absolute atomic E-state index is 11.8. The first-order valence-electron chi connectivity index (χ1n) is 7.21. The van der Waals surface area contributed by atoms with Crippen LogP contribution in [-0.2, 0) is 6.54 Å². The molecule has 3 aromatic rings. The van der Waals surface area contributed by atoms with Crippen molar-refractivity contribution < 1.29 is 14.1 Å². The lowest BCUT2D eigenvalue weighted by atomic mass is 10.2. The average molecular weight is 313 g/mol. The number of rotatable bonds is 6. The van der Waals surface area contributed by atoms with Crippen LogP contribution < -0.4 is 5.32 Å². The average Bonchev–Trinajstić information content (AvgIpc) is 3.19. The molecule has 0 aliphatic carbocycles. The number of amides is 1. The minimum Gasteiger partial charge on any atom is -0.395 e. The van der Waals surface area contributed by atoms with Gasteiger partial charge in [0.2, 0.25) is 0 Å². The number of furan rings is 1. The van der Waals surface area contributed by atoms with Crippen LogP contribution in [0, 0.1) is 10.1 Å². The van der Waals surface area contributed by atoms with E-state index in [9.17, 15) is 14.9 Å². The predicted molar refractivity (Wildman–Crippen MR) is 84.3 cm³/mol. The van der Waals surface area contributed by atoms with E-state index < -0.39 is 16.7 Å². The summed E-state index contributed by atoms with van der Waals surface area (Å²) in [5.74, 6) is -0.937. The Bertz CT molecular complexity index is 850. The van der Waals surface area contributed by atoms with Gasteiger partial charge in [0.15, 0.2) is 5.76 Å². The molecule has 7 nitrogen and oxygen atoms in total. The number of nitrogens with zero attached hydrogens (tertiary/aromatic N) is 2. The van der Waals surface area contributed by atoms with Crippen molar-refractivity contribution in [2.24, 2.45) is 0 Å². The van der Waals surface area contributed by atoms with E-state index in [-0.39, 0.29) is 5.76 Å². The molecule has 0 unspecified atom stereocenters. The molecule has 1 aromatic carbocycles. The molecule has 0 aliphatic rings. The first-order chi connectivity index (χ1) is 11.1. The SMILES string of the molecule is O=C(NCCCn1ccc2ccccc21)c1ccc([N+](=O)[O-])o1. The van der Waals surface area contributed by atoms with E-state index in [0.29, 0.717) is 6.54 Å². The van der Waals surface area contributed by atoms with Gasteiger partial charge in [-0.3, -0.25) is 14.9 Å². The molecule has 0 saturated heterocycles. The van der Waals surface area contributed by atoms with Gasteiger partial charge in [-0.1, -0.05) is 18.2 Å². The molecule has 0 aliphatic heterocycles. The summed E-state index contributed by atoms with van der Waals surface area (Å²) in [5.41, 5.74) is 1.15. The number of hydrogen-bond acceptors (Lipinski definition) is 4. The minimum absolute atomic E-state index is 0.0527. The fourth-order valence-corrected chi connectivity index (χ4v) is 2.42. The second-order valence-corrected chi connectivity index (χ2v) is 5.07. The number of aromatic nitrogens is 1. The van der Waals surface area contributed by atoms with Gasteiger partial charge < -0.3 is 14.3 Å². The Balaban J connectivity index is 1.51. The van der Waals surface area contributed by atoms with Crippen LogP contribution in [0.4, 0.5) is 5.88 Å². The van der Waals surface area contributed by atoms with Gasteiger partial charge >= 0.3 is 5.88 Å². The van der Waals surface area contributed by atoms with Crippen molar-refractivity contribution in [2.45, 2.75) is 13.0 Å². The van der Waals surface area contributed by atoms with Gasteiger partial charge in [-0.05, 0) is 30.0 Å². The zero-order valence-corrected chi connectivity index (χ0v) is 12.3. The molecule has 118 valence electrons. The third-order valence-electron chi connectivity index (χ3n) is 3.54. The highest BCUT2D eigenvalue weighted by Gasteiger charge is 2.16. The third-order valence-corrected chi connectivity index (χ3v) is 3.54. The number of benzene rings is 1. The van der Waals surface area contributed by atoms with Crippen molar-refractivity contribution in [3.8, 4) is 0 Å². The number of hydrogen-bond donors (Lipinski definition) is 1. The van der Waals surface area contributed by atoms with Crippen LogP contribution in [0.25, 0.3) is 10.9 Å². The third kappa shape index (κ3) is 3.23. The summed E-state index contributed by atoms with van der Waals surface area (Å²) in [6.45, 7) is 1.23. The maximum Gasteiger partial charge on any atom is 0.433 e. The van der Waals surface area contributed by atoms with Crippen molar-refractivity contribution in [1.82, 2.24) is 9.88 Å². The van der Waals surface area contributed by atoms with Gasteiger partial charge in [0.25, 0.3) is 5.91 Å². The summed E-state index contributed by atoms with van der Waals surface area (Å²) in [6.07, 6.45) is 2.76. The normalized spacial score (nSPS) is 10.8. The number of carbonyl (C=O) groups excluding carboxylic acids is 1. The van der Waals surface area contributed by atoms with E-state index in [1.54, 1.807) is 0 Å². The standard InChI is InChI=1S/C16H15N3O4/c20-16(14-6-7-15(23-14)19(21)22)17-9-3-10-18-11-8-12-4-1-2-5-13(12)18/h1-2,4-8,11H,3,9-10H2,(H,17,20). The second-order valence-electron chi connectivity index (χ2n) is 5.07. The van der Waals surface area contributed by atoms with Crippen LogP contribution in [0.5, 0.6) is 0 Å². The monoisotopic (exact) mass is 313 g/mol. The van der Waals surface area contributed by atoms with Crippen LogP contribution >= 0.6 is 0 Å². The highest BCUT2D eigenvalue weighted by atomic mass is 16.6. The molecule has 2 heterocycles. The summed E-state index contributed by atoms with van der Waals surface area (Å²) >= 11 is 0. The lowest BCUT2D eigenvalue weighted by molar-refractivity contribution is -0.402. The molecule has 0 bridgehead atoms. The van der Waals surface area contributed by atoms with Crippen molar-refractivity contribution >= 4 is 22.7 Å². The van der Waals surface area contributed by atoms with Gasteiger partial charge in [0.1, 0.15) is 4.92 Å².